The zero-order valence-corrected chi connectivity index (χ0v) is 13.8. The summed E-state index contributed by atoms with van der Waals surface area (Å²) < 4.78 is 0. The first-order valence-corrected chi connectivity index (χ1v) is 7.77. The van der Waals surface area contributed by atoms with Gasteiger partial charge in [-0.25, -0.2) is 10.1 Å². The van der Waals surface area contributed by atoms with Crippen molar-refractivity contribution in [3.63, 3.8) is 0 Å². The summed E-state index contributed by atoms with van der Waals surface area (Å²) in [5.74, 6) is -1.65. The molecule has 0 saturated carbocycles. The fourth-order valence-electron chi connectivity index (χ4n) is 2.29. The van der Waals surface area contributed by atoms with Gasteiger partial charge in [-0.15, -0.1) is 0 Å². The minimum absolute atomic E-state index is 0.0792. The average molecular weight is 344 g/mol. The zero-order valence-electron chi connectivity index (χ0n) is 13.8. The fraction of sp³-hybridized carbons (Fsp3) is 0.714. The smallest absolute Gasteiger partial charge is 0.243 e. The molecule has 10 heteroatoms. The number of piperazine rings is 1. The van der Waals surface area contributed by atoms with E-state index in [-0.39, 0.29) is 24.9 Å². The predicted molar refractivity (Wildman–Crippen MR) is 80.7 cm³/mol. The van der Waals surface area contributed by atoms with Crippen molar-refractivity contribution in [2.24, 2.45) is 0 Å². The van der Waals surface area contributed by atoms with Crippen molar-refractivity contribution < 1.29 is 29.6 Å². The summed E-state index contributed by atoms with van der Waals surface area (Å²) in [7, 11) is 0. The van der Waals surface area contributed by atoms with E-state index < -0.39 is 23.9 Å². The Bertz CT molecular complexity index is 454. The molecule has 1 aliphatic rings. The number of nitrogens with one attached hydrogen (secondary N) is 2. The second-order valence-corrected chi connectivity index (χ2v) is 5.69. The highest BCUT2D eigenvalue weighted by Crippen LogP contribution is 2.09. The number of carbonyl (C=O) groups excluding carboxylic acids is 4. The number of hydroxylamine groups is 4. The summed E-state index contributed by atoms with van der Waals surface area (Å²) in [6, 6.07) is -1.42. The van der Waals surface area contributed by atoms with Crippen LogP contribution < -0.4 is 10.6 Å². The second-order valence-electron chi connectivity index (χ2n) is 5.69. The van der Waals surface area contributed by atoms with E-state index in [0.717, 1.165) is 0 Å². The highest BCUT2D eigenvalue weighted by atomic mass is 16.5. The van der Waals surface area contributed by atoms with Crippen molar-refractivity contribution >= 4 is 23.6 Å². The van der Waals surface area contributed by atoms with Crippen molar-refractivity contribution in [3.8, 4) is 0 Å². The highest BCUT2D eigenvalue weighted by Gasteiger charge is 2.32. The summed E-state index contributed by atoms with van der Waals surface area (Å²) in [4.78, 5) is 45.7. The van der Waals surface area contributed by atoms with Gasteiger partial charge in [0.25, 0.3) is 0 Å². The minimum Gasteiger partial charge on any atom is -0.343 e. The lowest BCUT2D eigenvalue weighted by atomic mass is 10.0. The number of nitrogens with zero attached hydrogens (tertiary/aromatic N) is 2. The van der Waals surface area contributed by atoms with Crippen LogP contribution in [0.2, 0.25) is 0 Å². The molecule has 24 heavy (non-hydrogen) atoms. The maximum Gasteiger partial charge on any atom is 0.243 e. The lowest BCUT2D eigenvalue weighted by Gasteiger charge is -2.30. The Labute approximate surface area is 139 Å². The van der Waals surface area contributed by atoms with E-state index in [1.807, 2.05) is 0 Å². The van der Waals surface area contributed by atoms with E-state index in [1.165, 1.54) is 13.8 Å². The molecule has 0 radical (unpaired) electrons. The summed E-state index contributed by atoms with van der Waals surface area (Å²) in [6.07, 6.45) is 1.31. The summed E-state index contributed by atoms with van der Waals surface area (Å²) >= 11 is 0. The van der Waals surface area contributed by atoms with Gasteiger partial charge in [-0.05, 0) is 25.7 Å². The average Bonchev–Trinajstić information content (AvgIpc) is 2.50. The topological polar surface area (TPSA) is 139 Å². The molecule has 1 heterocycles. The van der Waals surface area contributed by atoms with Gasteiger partial charge in [0.1, 0.15) is 12.1 Å². The van der Waals surface area contributed by atoms with Crippen molar-refractivity contribution in [1.29, 1.82) is 0 Å². The van der Waals surface area contributed by atoms with E-state index >= 15 is 0 Å². The van der Waals surface area contributed by atoms with Crippen molar-refractivity contribution in [2.45, 2.75) is 51.6 Å². The van der Waals surface area contributed by atoms with Crippen LogP contribution in [-0.2, 0) is 19.2 Å². The molecule has 136 valence electrons. The number of amides is 4. The quantitative estimate of drug-likeness (QED) is 0.329. The van der Waals surface area contributed by atoms with Crippen LogP contribution in [0.25, 0.3) is 0 Å². The van der Waals surface area contributed by atoms with E-state index in [9.17, 15) is 29.6 Å². The van der Waals surface area contributed by atoms with Crippen LogP contribution in [-0.4, -0.2) is 69.3 Å². The molecule has 0 unspecified atom stereocenters. The summed E-state index contributed by atoms with van der Waals surface area (Å²) in [5, 5.41) is 24.8. The minimum atomic E-state index is -0.708. The van der Waals surface area contributed by atoms with Crippen molar-refractivity contribution in [2.75, 3.05) is 13.1 Å². The Kier molecular flexibility index (Phi) is 7.59. The van der Waals surface area contributed by atoms with Gasteiger partial charge >= 0.3 is 0 Å². The van der Waals surface area contributed by atoms with E-state index in [0.29, 0.717) is 35.8 Å². The maximum atomic E-state index is 12.0. The van der Waals surface area contributed by atoms with Gasteiger partial charge in [-0.3, -0.25) is 29.6 Å². The Hall–Kier alpha value is -2.20. The summed E-state index contributed by atoms with van der Waals surface area (Å²) in [6.45, 7) is 2.60. The third-order valence-corrected chi connectivity index (χ3v) is 3.72. The Morgan fingerprint density at radius 3 is 1.50 bits per heavy atom. The first-order valence-electron chi connectivity index (χ1n) is 7.77. The molecule has 0 aromatic rings. The molecule has 4 amide bonds. The van der Waals surface area contributed by atoms with Gasteiger partial charge < -0.3 is 10.6 Å². The van der Waals surface area contributed by atoms with E-state index in [4.69, 9.17) is 0 Å². The van der Waals surface area contributed by atoms with Gasteiger partial charge in [0, 0.05) is 26.9 Å². The highest BCUT2D eigenvalue weighted by molar-refractivity contribution is 5.96. The third-order valence-electron chi connectivity index (χ3n) is 3.72. The summed E-state index contributed by atoms with van der Waals surface area (Å²) in [5.41, 5.74) is 0. The van der Waals surface area contributed by atoms with Gasteiger partial charge in [0.2, 0.25) is 23.6 Å². The molecule has 0 aromatic carbocycles. The standard InChI is InChI=1S/C14H24N4O6/c1-9(19)17(23)7-3-5-11-13(21)16-12(14(22)15-11)6-4-8-18(24)10(2)20/h11-12,23-24H,3-8H2,1-2H3,(H,15,22)(H,16,21)/t11-,12-/m0/s1. The molecule has 0 bridgehead atoms. The fourth-order valence-corrected chi connectivity index (χ4v) is 2.29. The SMILES string of the molecule is CC(=O)N(O)CCC[C@@H]1NC(=O)[C@H](CCCN(O)C(C)=O)NC1=O. The third kappa shape index (κ3) is 6.13. The van der Waals surface area contributed by atoms with Crippen LogP contribution in [0, 0.1) is 0 Å². The molecule has 0 aliphatic carbocycles. The molecular formula is C14H24N4O6. The molecule has 1 saturated heterocycles. The maximum absolute atomic E-state index is 12.0. The molecule has 1 aliphatic heterocycles. The Morgan fingerprint density at radius 2 is 1.21 bits per heavy atom. The number of hydrogen-bond acceptors (Lipinski definition) is 6. The van der Waals surface area contributed by atoms with Crippen LogP contribution in [0.4, 0.5) is 0 Å². The van der Waals surface area contributed by atoms with Gasteiger partial charge in [-0.2, -0.15) is 0 Å². The van der Waals surface area contributed by atoms with Crippen LogP contribution >= 0.6 is 0 Å². The van der Waals surface area contributed by atoms with Gasteiger partial charge in [0.15, 0.2) is 0 Å². The normalized spacial score (nSPS) is 20.2. The van der Waals surface area contributed by atoms with E-state index in [2.05, 4.69) is 10.6 Å². The van der Waals surface area contributed by atoms with E-state index in [1.54, 1.807) is 0 Å². The zero-order chi connectivity index (χ0) is 18.3. The molecule has 4 N–H and O–H groups in total. The first kappa shape index (κ1) is 19.8. The largest absolute Gasteiger partial charge is 0.343 e. The molecule has 1 rings (SSSR count). The van der Waals surface area contributed by atoms with Crippen molar-refractivity contribution in [1.82, 2.24) is 20.8 Å². The Balaban J connectivity index is 2.36. The first-order chi connectivity index (χ1) is 11.2. The Morgan fingerprint density at radius 1 is 0.875 bits per heavy atom. The van der Waals surface area contributed by atoms with Crippen LogP contribution in [0.3, 0.4) is 0 Å². The lowest BCUT2D eigenvalue weighted by Crippen LogP contribution is -2.61. The molecule has 2 atom stereocenters. The molecular weight excluding hydrogens is 320 g/mol. The van der Waals surface area contributed by atoms with Crippen LogP contribution in [0.15, 0.2) is 0 Å². The number of rotatable bonds is 8. The number of carbonyl (C=O) groups is 4. The molecule has 10 nitrogen and oxygen atoms in total. The second kappa shape index (κ2) is 9.18. The van der Waals surface area contributed by atoms with Crippen LogP contribution in [0.5, 0.6) is 0 Å². The van der Waals surface area contributed by atoms with Gasteiger partial charge in [0.05, 0.1) is 0 Å². The monoisotopic (exact) mass is 344 g/mol. The van der Waals surface area contributed by atoms with Crippen LogP contribution in [0.1, 0.15) is 39.5 Å². The number of hydrogen-bond donors (Lipinski definition) is 4. The predicted octanol–water partition coefficient (Wildman–Crippen LogP) is -0.995. The molecule has 1 fully saturated rings. The molecule has 0 aromatic heterocycles. The lowest BCUT2D eigenvalue weighted by molar-refractivity contribution is -0.163. The molecule has 0 spiro atoms. The van der Waals surface area contributed by atoms with Gasteiger partial charge in [-0.1, -0.05) is 0 Å². The van der Waals surface area contributed by atoms with Crippen molar-refractivity contribution in [3.05, 3.63) is 0 Å².